The molecular formula is C64H90N6O11S2. The lowest BCUT2D eigenvalue weighted by molar-refractivity contribution is -0.142. The van der Waals surface area contributed by atoms with Gasteiger partial charge in [-0.2, -0.15) is 0 Å². The summed E-state index contributed by atoms with van der Waals surface area (Å²) in [5.74, 6) is 1.53. The molecule has 4 unspecified atom stereocenters. The summed E-state index contributed by atoms with van der Waals surface area (Å²) in [5.41, 5.74) is 2.01. The van der Waals surface area contributed by atoms with Crippen LogP contribution < -0.4 is 15.4 Å². The highest BCUT2D eigenvalue weighted by Crippen LogP contribution is 2.68. The number of amides is 4. The Morgan fingerprint density at radius 2 is 1.55 bits per heavy atom. The van der Waals surface area contributed by atoms with Crippen LogP contribution in [0.2, 0.25) is 0 Å². The van der Waals surface area contributed by atoms with Gasteiger partial charge >= 0.3 is 18.0 Å². The maximum Gasteiger partial charge on any atom is 0.415 e. The first-order chi connectivity index (χ1) is 39.4. The molecule has 4 saturated carbocycles. The number of benzene rings is 1. The predicted octanol–water partition coefficient (Wildman–Crippen LogP) is 11.4. The van der Waals surface area contributed by atoms with Gasteiger partial charge in [-0.1, -0.05) is 47.0 Å². The minimum absolute atomic E-state index is 0.0472. The summed E-state index contributed by atoms with van der Waals surface area (Å²) in [7, 11) is 1.63. The monoisotopic (exact) mass is 1180 g/mol. The third-order valence-electron chi connectivity index (χ3n) is 20.5. The van der Waals surface area contributed by atoms with Crippen LogP contribution in [-0.2, 0) is 33.6 Å². The van der Waals surface area contributed by atoms with E-state index in [9.17, 15) is 48.6 Å². The molecule has 1 aliphatic heterocycles. The lowest BCUT2D eigenvalue weighted by Crippen LogP contribution is -2.52. The van der Waals surface area contributed by atoms with E-state index in [4.69, 9.17) is 4.74 Å². The summed E-state index contributed by atoms with van der Waals surface area (Å²) in [4.78, 5) is 116. The van der Waals surface area contributed by atoms with Crippen LogP contribution >= 0.6 is 23.1 Å². The number of rotatable bonds is 26. The lowest BCUT2D eigenvalue weighted by Gasteiger charge is -2.60. The molecule has 83 heavy (non-hydrogen) atoms. The minimum atomic E-state index is -1.05. The normalized spacial score (nSPS) is 26.4. The number of hydrogen-bond acceptors (Lipinski definition) is 13. The highest BCUT2D eigenvalue weighted by molar-refractivity contribution is 8.15. The van der Waals surface area contributed by atoms with Crippen LogP contribution in [0.3, 0.4) is 0 Å². The molecule has 8 rings (SSSR count). The van der Waals surface area contributed by atoms with Gasteiger partial charge in [-0.15, -0.1) is 23.1 Å². The van der Waals surface area contributed by atoms with Crippen molar-refractivity contribution < 1.29 is 53.3 Å². The van der Waals surface area contributed by atoms with Gasteiger partial charge in [0.1, 0.15) is 21.8 Å². The number of carbonyl (C=O) groups is 8. The Kier molecular flexibility index (Phi) is 20.9. The van der Waals surface area contributed by atoms with Crippen molar-refractivity contribution >= 4 is 85.7 Å². The van der Waals surface area contributed by atoms with E-state index in [-0.39, 0.29) is 73.9 Å². The van der Waals surface area contributed by atoms with Gasteiger partial charge < -0.3 is 35.4 Å². The number of allylic oxidation sites excluding steroid dienone is 4. The molecule has 1 aromatic heterocycles. The Bertz CT molecular complexity index is 2910. The standard InChI is InChI=1S/C64H90N6O11S2/c1-38-39(2)56(75)54(40(3)55(38)74)62(4,5)36-53(73)69(8)33-34-70(61(80)81-43-24-27-47-50(35-43)83-58(67-47)57-68-49(37-82-57)60(78)79)32-15-9-10-20-51(71)65-31-14-12-19-48(59(76)77)66-52(72)21-16-18-42-23-26-45-44-25-22-41-17-11-13-29-63(41,6)46(44)28-30-64(42,45)7/h24,27,35,41-42,44-46,48-49H,9-23,25-26,28-34,36-37H2,1-8H3,(H,65,71)(H,66,72)(H,76,77)(H,78,79)/t41-,42-,44-,45?,46?,48?,49?,63-,64+/m0/s1. The molecule has 0 radical (unpaired) electrons. The molecule has 0 bridgehead atoms. The molecule has 4 fully saturated rings. The number of unbranched alkanes of at least 4 members (excludes halogenated alkanes) is 3. The topological polar surface area (TPSA) is 242 Å². The van der Waals surface area contributed by atoms with Gasteiger partial charge in [-0.05, 0) is 170 Å². The van der Waals surface area contributed by atoms with Crippen molar-refractivity contribution in [1.82, 2.24) is 25.4 Å². The first-order valence-electron chi connectivity index (χ1n) is 30.7. The van der Waals surface area contributed by atoms with Crippen LogP contribution in [-0.4, -0.2) is 128 Å². The van der Waals surface area contributed by atoms with Crippen LogP contribution in [0.4, 0.5) is 4.79 Å². The number of thiazole rings is 1. The number of ketones is 2. The molecule has 2 aromatic rings. The molecule has 2 heterocycles. The van der Waals surface area contributed by atoms with Crippen LogP contribution in [0.15, 0.2) is 45.5 Å². The summed E-state index contributed by atoms with van der Waals surface area (Å²) in [6.07, 6.45) is 18.4. The number of aliphatic carboxylic acids is 2. The van der Waals surface area contributed by atoms with Crippen LogP contribution in [0, 0.1) is 45.8 Å². The number of nitrogens with one attached hydrogen (secondary N) is 2. The molecule has 6 aliphatic rings. The number of hydrogen-bond donors (Lipinski definition) is 4. The third kappa shape index (κ3) is 14.6. The zero-order chi connectivity index (χ0) is 60.0. The maximum absolute atomic E-state index is 13.9. The quantitative estimate of drug-likeness (QED) is 0.0507. The average molecular weight is 1180 g/mol. The predicted molar refractivity (Wildman–Crippen MR) is 323 cm³/mol. The third-order valence-corrected chi connectivity index (χ3v) is 22.7. The van der Waals surface area contributed by atoms with Crippen molar-refractivity contribution in [2.45, 2.75) is 195 Å². The number of thioether (sulfide) groups is 1. The second-order valence-corrected chi connectivity index (χ2v) is 28.2. The Balaban J connectivity index is 0.760. The van der Waals surface area contributed by atoms with E-state index < -0.39 is 35.5 Å². The number of likely N-dealkylation sites (N-methyl/N-ethyl adjacent to an activating group) is 1. The van der Waals surface area contributed by atoms with Gasteiger partial charge in [0.2, 0.25) is 17.7 Å². The highest BCUT2D eigenvalue weighted by Gasteiger charge is 2.59. The van der Waals surface area contributed by atoms with E-state index >= 15 is 0 Å². The van der Waals surface area contributed by atoms with Crippen LogP contribution in [0.25, 0.3) is 10.2 Å². The fraction of sp³-hybridized carbons (Fsp3) is 0.688. The van der Waals surface area contributed by atoms with E-state index in [1.165, 1.54) is 97.1 Å². The average Bonchev–Trinajstić information content (AvgIpc) is 2.18. The van der Waals surface area contributed by atoms with Crippen LogP contribution in [0.5, 0.6) is 5.75 Å². The summed E-state index contributed by atoms with van der Waals surface area (Å²) in [6, 6.07) is 3.23. The fourth-order valence-corrected chi connectivity index (χ4v) is 17.6. The molecular weight excluding hydrogens is 1090 g/mol. The van der Waals surface area contributed by atoms with Crippen molar-refractivity contribution in [3.8, 4) is 5.75 Å². The first kappa shape index (κ1) is 63.6. The molecule has 1 aromatic carbocycles. The summed E-state index contributed by atoms with van der Waals surface area (Å²) in [5, 5.41) is 26.3. The zero-order valence-electron chi connectivity index (χ0n) is 50.3. The van der Waals surface area contributed by atoms with Crippen molar-refractivity contribution in [3.05, 3.63) is 45.5 Å². The van der Waals surface area contributed by atoms with Crippen molar-refractivity contribution in [3.63, 3.8) is 0 Å². The Morgan fingerprint density at radius 1 is 0.807 bits per heavy atom. The summed E-state index contributed by atoms with van der Waals surface area (Å²) in [6.45, 7) is 14.5. The minimum Gasteiger partial charge on any atom is -0.480 e. The number of carbonyl (C=O) groups excluding carboxylic acids is 6. The van der Waals surface area contributed by atoms with Gasteiger partial charge in [0, 0.05) is 92.0 Å². The Morgan fingerprint density at radius 3 is 2.30 bits per heavy atom. The fourth-order valence-electron chi connectivity index (χ4n) is 15.5. The number of ether oxygens (including phenoxy) is 1. The van der Waals surface area contributed by atoms with Gasteiger partial charge in [-0.25, -0.2) is 19.4 Å². The second kappa shape index (κ2) is 27.3. The smallest absolute Gasteiger partial charge is 0.415 e. The van der Waals surface area contributed by atoms with Crippen molar-refractivity contribution in [2.75, 3.05) is 39.0 Å². The number of aliphatic imine (C=N–C) groups is 1. The number of fused-ring (bicyclic) bond motifs is 6. The number of carboxylic acid groups (broad SMARTS) is 2. The Hall–Kier alpha value is -5.43. The van der Waals surface area contributed by atoms with Gasteiger partial charge in [0.25, 0.3) is 0 Å². The molecule has 4 amide bonds. The first-order valence-corrected chi connectivity index (χ1v) is 32.5. The van der Waals surface area contributed by atoms with Gasteiger partial charge in [0.05, 0.1) is 10.2 Å². The van der Waals surface area contributed by atoms with Crippen molar-refractivity contribution in [1.29, 1.82) is 0 Å². The van der Waals surface area contributed by atoms with Crippen molar-refractivity contribution in [2.24, 2.45) is 50.8 Å². The number of carboxylic acids is 2. The largest absolute Gasteiger partial charge is 0.480 e. The molecule has 9 atom stereocenters. The van der Waals surface area contributed by atoms with Gasteiger partial charge in [0.15, 0.2) is 17.6 Å². The number of nitrogens with zero attached hydrogens (tertiary/aromatic N) is 4. The molecule has 0 spiro atoms. The molecule has 19 heteroatoms. The molecule has 5 aliphatic carbocycles. The zero-order valence-corrected chi connectivity index (χ0v) is 52.0. The molecule has 17 nitrogen and oxygen atoms in total. The van der Waals surface area contributed by atoms with E-state index in [0.717, 1.165) is 41.2 Å². The SMILES string of the molecule is CC1=C(C)C(=O)C(C(C)(C)CC(=O)N(C)CCN(CCCCCC(=O)NCCCCC(NC(=O)CCC[C@H]2CCC3[C@@H]4CC[C@@H]5CCCC[C@]5(C)C4CC[C@@]32C)C(=O)O)C(=O)Oc2ccc3nc(C4=NC(C(=O)O)CS4)sc3c2)=C(C)C1=O. The molecule has 0 saturated heterocycles. The van der Waals surface area contributed by atoms with E-state index in [1.54, 1.807) is 59.9 Å². The summed E-state index contributed by atoms with van der Waals surface area (Å²) >= 11 is 2.65. The van der Waals surface area contributed by atoms with Crippen LogP contribution in [0.1, 0.15) is 188 Å². The van der Waals surface area contributed by atoms with Gasteiger partial charge in [-0.3, -0.25) is 29.0 Å². The summed E-state index contributed by atoms with van der Waals surface area (Å²) < 4.78 is 6.63. The highest BCUT2D eigenvalue weighted by atomic mass is 32.2. The maximum atomic E-state index is 13.9. The second-order valence-electron chi connectivity index (χ2n) is 26.1. The van der Waals surface area contributed by atoms with E-state index in [0.29, 0.717) is 105 Å². The van der Waals surface area contributed by atoms with E-state index in [1.807, 2.05) is 0 Å². The number of Topliss-reactive ketones (excluding diaryl/α,β-unsaturated/α-hetero) is 2. The lowest BCUT2D eigenvalue weighted by atomic mass is 9.45. The molecule has 4 N–H and O–H groups in total. The molecule has 454 valence electrons. The Labute approximate surface area is 498 Å². The van der Waals surface area contributed by atoms with E-state index in [2.05, 4.69) is 34.5 Å². The number of aromatic nitrogens is 1.